The van der Waals surface area contributed by atoms with Crippen molar-refractivity contribution in [3.05, 3.63) is 29.6 Å². The first-order valence-corrected chi connectivity index (χ1v) is 6.92. The topological polar surface area (TPSA) is 15.3 Å². The highest BCUT2D eigenvalue weighted by molar-refractivity contribution is 5.49. The zero-order valence-electron chi connectivity index (χ0n) is 11.4. The fourth-order valence-corrected chi connectivity index (χ4v) is 2.33. The first kappa shape index (κ1) is 13.3. The first-order valence-electron chi connectivity index (χ1n) is 6.92. The van der Waals surface area contributed by atoms with Gasteiger partial charge in [0.25, 0.3) is 0 Å². The molecule has 0 aromatic heterocycles. The van der Waals surface area contributed by atoms with Crippen molar-refractivity contribution in [2.75, 3.05) is 25.0 Å². The van der Waals surface area contributed by atoms with Crippen molar-refractivity contribution < 1.29 is 4.39 Å². The lowest BCUT2D eigenvalue weighted by atomic mass is 10.1. The van der Waals surface area contributed by atoms with Gasteiger partial charge in [0.15, 0.2) is 0 Å². The van der Waals surface area contributed by atoms with E-state index in [0.29, 0.717) is 6.54 Å². The van der Waals surface area contributed by atoms with E-state index in [4.69, 9.17) is 0 Å². The Morgan fingerprint density at radius 1 is 1.33 bits per heavy atom. The molecule has 0 amide bonds. The molecule has 1 aliphatic carbocycles. The molecular weight excluding hydrogens is 227 g/mol. The van der Waals surface area contributed by atoms with Crippen LogP contribution in [-0.2, 0) is 6.54 Å². The molecule has 0 atom stereocenters. The third-order valence-corrected chi connectivity index (χ3v) is 3.36. The lowest BCUT2D eigenvalue weighted by Crippen LogP contribution is -2.26. The van der Waals surface area contributed by atoms with Crippen LogP contribution in [0, 0.1) is 11.7 Å². The molecule has 1 aromatic rings. The summed E-state index contributed by atoms with van der Waals surface area (Å²) in [6, 6.07) is 5.38. The first-order chi connectivity index (χ1) is 8.72. The van der Waals surface area contributed by atoms with Crippen LogP contribution in [0.2, 0.25) is 0 Å². The van der Waals surface area contributed by atoms with Crippen molar-refractivity contribution in [2.45, 2.75) is 32.7 Å². The van der Waals surface area contributed by atoms with Crippen LogP contribution in [0.3, 0.4) is 0 Å². The van der Waals surface area contributed by atoms with Gasteiger partial charge >= 0.3 is 0 Å². The molecule has 100 valence electrons. The summed E-state index contributed by atoms with van der Waals surface area (Å²) in [5, 5.41) is 3.08. The van der Waals surface area contributed by atoms with Gasteiger partial charge in [0.2, 0.25) is 0 Å². The number of halogens is 1. The summed E-state index contributed by atoms with van der Waals surface area (Å²) in [6.45, 7) is 4.98. The number of rotatable bonds is 7. The molecular formula is C15H23FN2. The maximum Gasteiger partial charge on any atom is 0.125 e. The quantitative estimate of drug-likeness (QED) is 0.799. The van der Waals surface area contributed by atoms with Crippen LogP contribution in [0.15, 0.2) is 18.2 Å². The second-order valence-corrected chi connectivity index (χ2v) is 5.24. The van der Waals surface area contributed by atoms with Gasteiger partial charge in [-0.25, -0.2) is 4.39 Å². The zero-order chi connectivity index (χ0) is 13.0. The van der Waals surface area contributed by atoms with Crippen LogP contribution >= 0.6 is 0 Å². The van der Waals surface area contributed by atoms with Crippen LogP contribution in [-0.4, -0.2) is 20.1 Å². The largest absolute Gasteiger partial charge is 0.371 e. The molecule has 1 fully saturated rings. The highest BCUT2D eigenvalue weighted by Gasteiger charge is 2.24. The molecule has 2 nitrogen and oxygen atoms in total. The van der Waals surface area contributed by atoms with Crippen LogP contribution in [0.25, 0.3) is 0 Å². The lowest BCUT2D eigenvalue weighted by molar-refractivity contribution is 0.620. The van der Waals surface area contributed by atoms with Crippen LogP contribution < -0.4 is 10.2 Å². The Balaban J connectivity index is 2.15. The fourth-order valence-electron chi connectivity index (χ4n) is 2.33. The summed E-state index contributed by atoms with van der Waals surface area (Å²) in [6.07, 6.45) is 3.77. The summed E-state index contributed by atoms with van der Waals surface area (Å²) in [7, 11) is 1.89. The predicted octanol–water partition coefficient (Wildman–Crippen LogP) is 3.17. The van der Waals surface area contributed by atoms with Crippen molar-refractivity contribution >= 4 is 5.69 Å². The van der Waals surface area contributed by atoms with Crippen molar-refractivity contribution in [3.8, 4) is 0 Å². The Bertz CT molecular complexity index is 388. The molecule has 0 bridgehead atoms. The van der Waals surface area contributed by atoms with Gasteiger partial charge in [-0.2, -0.15) is 0 Å². The summed E-state index contributed by atoms with van der Waals surface area (Å²) in [5.74, 6) is 0.696. The second kappa shape index (κ2) is 6.19. The predicted molar refractivity (Wildman–Crippen MR) is 74.4 cm³/mol. The highest BCUT2D eigenvalue weighted by atomic mass is 19.1. The normalized spacial score (nSPS) is 14.8. The van der Waals surface area contributed by atoms with E-state index in [9.17, 15) is 4.39 Å². The van der Waals surface area contributed by atoms with E-state index >= 15 is 0 Å². The highest BCUT2D eigenvalue weighted by Crippen LogP contribution is 2.32. The van der Waals surface area contributed by atoms with Gasteiger partial charge in [-0.1, -0.05) is 6.92 Å². The van der Waals surface area contributed by atoms with Gasteiger partial charge in [-0.15, -0.1) is 0 Å². The summed E-state index contributed by atoms with van der Waals surface area (Å²) < 4.78 is 13.7. The Morgan fingerprint density at radius 3 is 2.72 bits per heavy atom. The van der Waals surface area contributed by atoms with Crippen LogP contribution in [0.4, 0.5) is 10.1 Å². The van der Waals surface area contributed by atoms with Gasteiger partial charge in [0.05, 0.1) is 0 Å². The SMILES string of the molecule is CCCN(CC1CC1)c1cc(F)cc(CNC)c1. The van der Waals surface area contributed by atoms with Crippen LogP contribution in [0.1, 0.15) is 31.7 Å². The molecule has 0 saturated heterocycles. The number of anilines is 1. The molecule has 0 unspecified atom stereocenters. The number of nitrogens with one attached hydrogen (secondary N) is 1. The Labute approximate surface area is 109 Å². The van der Waals surface area contributed by atoms with Gasteiger partial charge in [-0.3, -0.25) is 0 Å². The molecule has 2 rings (SSSR count). The molecule has 1 aromatic carbocycles. The molecule has 1 aliphatic rings. The maximum atomic E-state index is 13.7. The molecule has 0 aliphatic heterocycles. The van der Waals surface area contributed by atoms with Crippen molar-refractivity contribution in [1.29, 1.82) is 0 Å². The third kappa shape index (κ3) is 3.70. The van der Waals surface area contributed by atoms with Crippen molar-refractivity contribution in [3.63, 3.8) is 0 Å². The number of hydrogen-bond donors (Lipinski definition) is 1. The van der Waals surface area contributed by atoms with Gasteiger partial charge in [-0.05, 0) is 56.0 Å². The molecule has 1 saturated carbocycles. The monoisotopic (exact) mass is 250 g/mol. The average molecular weight is 250 g/mol. The molecule has 3 heteroatoms. The number of benzene rings is 1. The Kier molecular flexibility index (Phi) is 4.59. The molecule has 1 N–H and O–H groups in total. The van der Waals surface area contributed by atoms with Crippen molar-refractivity contribution in [2.24, 2.45) is 5.92 Å². The van der Waals surface area contributed by atoms with Crippen molar-refractivity contribution in [1.82, 2.24) is 5.32 Å². The molecule has 0 heterocycles. The van der Waals surface area contributed by atoms with Crippen LogP contribution in [0.5, 0.6) is 0 Å². The van der Waals surface area contributed by atoms with Gasteiger partial charge in [0.1, 0.15) is 5.82 Å². The van der Waals surface area contributed by atoms with E-state index in [-0.39, 0.29) is 5.82 Å². The van der Waals surface area contributed by atoms with E-state index in [1.165, 1.54) is 12.8 Å². The van der Waals surface area contributed by atoms with E-state index in [1.807, 2.05) is 7.05 Å². The minimum absolute atomic E-state index is 0.130. The second-order valence-electron chi connectivity index (χ2n) is 5.24. The Morgan fingerprint density at radius 2 is 2.11 bits per heavy atom. The van der Waals surface area contributed by atoms with E-state index in [2.05, 4.69) is 23.2 Å². The summed E-state index contributed by atoms with van der Waals surface area (Å²) >= 11 is 0. The minimum Gasteiger partial charge on any atom is -0.371 e. The smallest absolute Gasteiger partial charge is 0.125 e. The third-order valence-electron chi connectivity index (χ3n) is 3.36. The van der Waals surface area contributed by atoms with Gasteiger partial charge in [0, 0.05) is 25.3 Å². The number of hydrogen-bond acceptors (Lipinski definition) is 2. The maximum absolute atomic E-state index is 13.7. The van der Waals surface area contributed by atoms with E-state index in [1.54, 1.807) is 12.1 Å². The lowest BCUT2D eigenvalue weighted by Gasteiger charge is -2.25. The minimum atomic E-state index is -0.130. The zero-order valence-corrected chi connectivity index (χ0v) is 11.4. The fraction of sp³-hybridized carbons (Fsp3) is 0.600. The molecule has 0 spiro atoms. The average Bonchev–Trinajstić information content (AvgIpc) is 3.12. The van der Waals surface area contributed by atoms with E-state index in [0.717, 1.165) is 36.7 Å². The summed E-state index contributed by atoms with van der Waals surface area (Å²) in [5.41, 5.74) is 2.05. The Hall–Kier alpha value is -1.09. The molecule has 18 heavy (non-hydrogen) atoms. The molecule has 0 radical (unpaired) electrons. The standard InChI is InChI=1S/C15H23FN2/c1-3-6-18(11-12-4-5-12)15-8-13(10-17-2)7-14(16)9-15/h7-9,12,17H,3-6,10-11H2,1-2H3. The van der Waals surface area contributed by atoms with E-state index < -0.39 is 0 Å². The number of nitrogens with zero attached hydrogens (tertiary/aromatic N) is 1. The van der Waals surface area contributed by atoms with Gasteiger partial charge < -0.3 is 10.2 Å². The summed E-state index contributed by atoms with van der Waals surface area (Å²) in [4.78, 5) is 2.33.